The van der Waals surface area contributed by atoms with Gasteiger partial charge in [0.25, 0.3) is 0 Å². The van der Waals surface area contributed by atoms with Crippen LogP contribution < -0.4 is 15.4 Å². The van der Waals surface area contributed by atoms with E-state index in [1.54, 1.807) is 0 Å². The van der Waals surface area contributed by atoms with E-state index in [4.69, 9.17) is 4.74 Å². The molecule has 0 atom stereocenters. The van der Waals surface area contributed by atoms with Crippen LogP contribution in [-0.2, 0) is 13.1 Å². The van der Waals surface area contributed by atoms with Crippen molar-refractivity contribution < 1.29 is 9.53 Å². The predicted molar refractivity (Wildman–Crippen MR) is 100 cm³/mol. The van der Waals surface area contributed by atoms with Gasteiger partial charge in [-0.05, 0) is 65.3 Å². The first-order valence-corrected chi connectivity index (χ1v) is 8.66. The molecule has 0 saturated carbocycles. The van der Waals surface area contributed by atoms with Gasteiger partial charge in [-0.15, -0.1) is 0 Å². The number of benzene rings is 1. The summed E-state index contributed by atoms with van der Waals surface area (Å²) >= 11 is 0. The second kappa shape index (κ2) is 8.05. The number of ether oxygens (including phenoxy) is 1. The lowest BCUT2D eigenvalue weighted by atomic mass is 10.2. The molecule has 2 rings (SSSR count). The maximum atomic E-state index is 12.2. The molecule has 2 amide bonds. The fourth-order valence-corrected chi connectivity index (χ4v) is 2.75. The molecule has 0 aliphatic heterocycles. The van der Waals surface area contributed by atoms with Gasteiger partial charge in [0.2, 0.25) is 0 Å². The largest absolute Gasteiger partial charge is 0.491 e. The first-order chi connectivity index (χ1) is 11.8. The lowest BCUT2D eigenvalue weighted by Crippen LogP contribution is -2.28. The number of aryl methyl sites for hydroxylation is 3. The van der Waals surface area contributed by atoms with Crippen LogP contribution in [0.5, 0.6) is 5.75 Å². The Morgan fingerprint density at radius 3 is 2.56 bits per heavy atom. The highest BCUT2D eigenvalue weighted by molar-refractivity contribution is 5.90. The summed E-state index contributed by atoms with van der Waals surface area (Å²) in [6.07, 6.45) is 0.122. The number of anilines is 1. The average molecular weight is 344 g/mol. The van der Waals surface area contributed by atoms with E-state index < -0.39 is 0 Å². The van der Waals surface area contributed by atoms with Crippen molar-refractivity contribution in [3.63, 3.8) is 0 Å². The number of amides is 2. The smallest absolute Gasteiger partial charge is 0.319 e. The molecule has 1 aromatic heterocycles. The Balaban J connectivity index is 1.98. The van der Waals surface area contributed by atoms with E-state index in [9.17, 15) is 4.79 Å². The molecule has 1 aromatic carbocycles. The third-order valence-electron chi connectivity index (χ3n) is 4.07. The van der Waals surface area contributed by atoms with E-state index in [1.807, 2.05) is 57.5 Å². The van der Waals surface area contributed by atoms with Crippen molar-refractivity contribution in [3.8, 4) is 5.75 Å². The molecule has 0 aliphatic carbocycles. The average Bonchev–Trinajstić information content (AvgIpc) is 2.81. The van der Waals surface area contributed by atoms with Crippen LogP contribution in [0.25, 0.3) is 0 Å². The van der Waals surface area contributed by atoms with Gasteiger partial charge in [-0.25, -0.2) is 4.79 Å². The number of hydrogen-bond acceptors (Lipinski definition) is 3. The molecular formula is C19H28N4O2. The molecule has 2 aromatic rings. The third kappa shape index (κ3) is 4.75. The minimum absolute atomic E-state index is 0.122. The number of carbonyl (C=O) groups is 1. The molecule has 0 spiro atoms. The molecule has 0 bridgehead atoms. The van der Waals surface area contributed by atoms with Gasteiger partial charge in [-0.1, -0.05) is 0 Å². The predicted octanol–water partition coefficient (Wildman–Crippen LogP) is 3.94. The minimum Gasteiger partial charge on any atom is -0.491 e. The molecule has 0 radical (unpaired) electrons. The Morgan fingerprint density at radius 2 is 2.00 bits per heavy atom. The molecule has 6 heteroatoms. The fourth-order valence-electron chi connectivity index (χ4n) is 2.75. The van der Waals surface area contributed by atoms with Gasteiger partial charge >= 0.3 is 6.03 Å². The second-order valence-corrected chi connectivity index (χ2v) is 6.42. The monoisotopic (exact) mass is 344 g/mol. The summed E-state index contributed by atoms with van der Waals surface area (Å²) in [6, 6.07) is 5.42. The Hall–Kier alpha value is -2.50. The quantitative estimate of drug-likeness (QED) is 0.834. The third-order valence-corrected chi connectivity index (χ3v) is 4.07. The van der Waals surface area contributed by atoms with E-state index in [-0.39, 0.29) is 12.1 Å². The molecule has 25 heavy (non-hydrogen) atoms. The summed E-state index contributed by atoms with van der Waals surface area (Å²) in [6.45, 7) is 13.2. The van der Waals surface area contributed by atoms with Gasteiger partial charge in [0.05, 0.1) is 11.8 Å². The van der Waals surface area contributed by atoms with E-state index in [0.717, 1.165) is 40.5 Å². The fraction of sp³-hybridized carbons (Fsp3) is 0.474. The van der Waals surface area contributed by atoms with Gasteiger partial charge in [-0.2, -0.15) is 5.10 Å². The highest BCUT2D eigenvalue weighted by atomic mass is 16.5. The van der Waals surface area contributed by atoms with Crippen LogP contribution in [0.1, 0.15) is 43.3 Å². The standard InChI is InChI=1S/C19H28N4O2/c1-7-23-15(6)17(14(5)22-23)11-20-19(24)21-18-9-8-16(10-13(18)4)25-12(2)3/h8-10,12H,7,11H2,1-6H3,(H2,20,21,24). The SMILES string of the molecule is CCn1nc(C)c(CNC(=O)Nc2ccc(OC(C)C)cc2C)c1C. The molecule has 0 saturated heterocycles. The lowest BCUT2D eigenvalue weighted by molar-refractivity contribution is 0.242. The Labute approximate surface area is 149 Å². The molecule has 0 aliphatic rings. The zero-order valence-corrected chi connectivity index (χ0v) is 15.9. The summed E-state index contributed by atoms with van der Waals surface area (Å²) in [5.74, 6) is 0.802. The molecule has 1 heterocycles. The maximum Gasteiger partial charge on any atom is 0.319 e. The molecule has 0 fully saturated rings. The molecule has 136 valence electrons. The Morgan fingerprint density at radius 1 is 1.28 bits per heavy atom. The van der Waals surface area contributed by atoms with Crippen molar-refractivity contribution in [2.45, 2.75) is 60.7 Å². The van der Waals surface area contributed by atoms with Crippen molar-refractivity contribution in [1.29, 1.82) is 0 Å². The molecular weight excluding hydrogens is 316 g/mol. The number of hydrogen-bond donors (Lipinski definition) is 2. The highest BCUT2D eigenvalue weighted by Crippen LogP contribution is 2.22. The minimum atomic E-state index is -0.233. The zero-order valence-electron chi connectivity index (χ0n) is 15.9. The summed E-state index contributed by atoms with van der Waals surface area (Å²) < 4.78 is 7.61. The van der Waals surface area contributed by atoms with Crippen LogP contribution in [-0.4, -0.2) is 21.9 Å². The van der Waals surface area contributed by atoms with E-state index in [0.29, 0.717) is 6.54 Å². The maximum absolute atomic E-state index is 12.2. The first kappa shape index (κ1) is 18.8. The van der Waals surface area contributed by atoms with Gasteiger partial charge in [0.1, 0.15) is 5.75 Å². The van der Waals surface area contributed by atoms with Crippen molar-refractivity contribution in [2.75, 3.05) is 5.32 Å². The van der Waals surface area contributed by atoms with Gasteiger partial charge in [-0.3, -0.25) is 4.68 Å². The van der Waals surface area contributed by atoms with Gasteiger partial charge in [0.15, 0.2) is 0 Å². The lowest BCUT2D eigenvalue weighted by Gasteiger charge is -2.14. The van der Waals surface area contributed by atoms with Crippen LogP contribution in [0.15, 0.2) is 18.2 Å². The summed E-state index contributed by atoms with van der Waals surface area (Å²) in [5, 5.41) is 10.3. The molecule has 2 N–H and O–H groups in total. The number of rotatable bonds is 6. The number of aromatic nitrogens is 2. The normalized spacial score (nSPS) is 10.8. The van der Waals surface area contributed by atoms with E-state index in [1.165, 1.54) is 0 Å². The van der Waals surface area contributed by atoms with E-state index >= 15 is 0 Å². The van der Waals surface area contributed by atoms with Crippen molar-refractivity contribution in [3.05, 3.63) is 40.7 Å². The van der Waals surface area contributed by atoms with Crippen molar-refractivity contribution in [1.82, 2.24) is 15.1 Å². The number of urea groups is 1. The summed E-state index contributed by atoms with van der Waals surface area (Å²) in [5.41, 5.74) is 4.83. The number of carbonyl (C=O) groups excluding carboxylic acids is 1. The summed E-state index contributed by atoms with van der Waals surface area (Å²) in [4.78, 5) is 12.2. The van der Waals surface area contributed by atoms with E-state index in [2.05, 4.69) is 22.7 Å². The first-order valence-electron chi connectivity index (χ1n) is 8.66. The van der Waals surface area contributed by atoms with Crippen LogP contribution in [0.4, 0.5) is 10.5 Å². The second-order valence-electron chi connectivity index (χ2n) is 6.42. The zero-order chi connectivity index (χ0) is 18.6. The van der Waals surface area contributed by atoms with Gasteiger partial charge < -0.3 is 15.4 Å². The van der Waals surface area contributed by atoms with Crippen LogP contribution in [0.2, 0.25) is 0 Å². The molecule has 6 nitrogen and oxygen atoms in total. The van der Waals surface area contributed by atoms with Crippen molar-refractivity contribution in [2.24, 2.45) is 0 Å². The van der Waals surface area contributed by atoms with Crippen LogP contribution in [0.3, 0.4) is 0 Å². The summed E-state index contributed by atoms with van der Waals surface area (Å²) in [7, 11) is 0. The number of nitrogens with one attached hydrogen (secondary N) is 2. The highest BCUT2D eigenvalue weighted by Gasteiger charge is 2.12. The Bertz CT molecular complexity index is 750. The van der Waals surface area contributed by atoms with Crippen LogP contribution in [0, 0.1) is 20.8 Å². The Kier molecular flexibility index (Phi) is 6.07. The van der Waals surface area contributed by atoms with Crippen LogP contribution >= 0.6 is 0 Å². The topological polar surface area (TPSA) is 68.2 Å². The van der Waals surface area contributed by atoms with Crippen molar-refractivity contribution >= 4 is 11.7 Å². The molecule has 0 unspecified atom stereocenters. The number of nitrogens with zero attached hydrogens (tertiary/aromatic N) is 2. The van der Waals surface area contributed by atoms with Gasteiger partial charge in [0, 0.05) is 30.0 Å².